The first-order chi connectivity index (χ1) is 7.86. The third-order valence-electron chi connectivity index (χ3n) is 2.95. The largest absolute Gasteiger partial charge is 0.477 e. The quantitative estimate of drug-likeness (QED) is 0.815. The van der Waals surface area contributed by atoms with Gasteiger partial charge >= 0.3 is 5.97 Å². The van der Waals surface area contributed by atoms with Gasteiger partial charge in [-0.15, -0.1) is 0 Å². The van der Waals surface area contributed by atoms with E-state index in [0.717, 1.165) is 0 Å². The number of aromatic nitrogens is 1. The molecule has 17 heavy (non-hydrogen) atoms. The molecule has 2 heterocycles. The number of hydrogen-bond donors (Lipinski definition) is 2. The van der Waals surface area contributed by atoms with Gasteiger partial charge in [0.2, 0.25) is 0 Å². The number of carbonyl (C=O) groups is 1. The fraction of sp³-hybridized carbons (Fsp3) is 0.500. The highest BCUT2D eigenvalue weighted by Crippen LogP contribution is 2.33. The lowest BCUT2D eigenvalue weighted by Gasteiger charge is -2.24. The minimum absolute atomic E-state index is 0.0123. The Bertz CT molecular complexity index is 573. The average Bonchev–Trinajstić information content (AvgIpc) is 2.54. The molecule has 2 N–H and O–H groups in total. The molecule has 2 rings (SSSR count). The molecule has 0 saturated carbocycles. The van der Waals surface area contributed by atoms with Crippen LogP contribution in [0.2, 0.25) is 0 Å². The average molecular weight is 258 g/mol. The maximum absolute atomic E-state index is 12.0. The molecule has 1 aliphatic heterocycles. The second kappa shape index (κ2) is 3.76. The van der Waals surface area contributed by atoms with Gasteiger partial charge in [-0.1, -0.05) is 6.92 Å². The second-order valence-electron chi connectivity index (χ2n) is 4.16. The fourth-order valence-electron chi connectivity index (χ4n) is 2.05. The molecule has 1 aliphatic rings. The number of fused-ring (bicyclic) bond motifs is 1. The van der Waals surface area contributed by atoms with E-state index in [-0.39, 0.29) is 28.1 Å². The molecule has 0 spiro atoms. The number of hydrogen-bond acceptors (Lipinski definition) is 4. The molecule has 1 unspecified atom stereocenters. The van der Waals surface area contributed by atoms with Crippen LogP contribution in [0.25, 0.3) is 0 Å². The van der Waals surface area contributed by atoms with Gasteiger partial charge in [-0.05, 0) is 6.42 Å². The lowest BCUT2D eigenvalue weighted by Crippen LogP contribution is -2.33. The first-order valence-electron chi connectivity index (χ1n) is 5.28. The van der Waals surface area contributed by atoms with E-state index < -0.39 is 15.8 Å². The van der Waals surface area contributed by atoms with Gasteiger partial charge in [0, 0.05) is 19.3 Å². The number of aryl methyl sites for hydroxylation is 1. The number of sulfone groups is 1. The molecule has 6 nitrogen and oxygen atoms in total. The first kappa shape index (κ1) is 12.0. The van der Waals surface area contributed by atoms with E-state index in [0.29, 0.717) is 6.42 Å². The predicted octanol–water partition coefficient (Wildman–Crippen LogP) is 0.701. The predicted molar refractivity (Wildman–Crippen MR) is 62.1 cm³/mol. The molecule has 1 aromatic heterocycles. The Labute approximate surface area is 99.2 Å². The fourth-order valence-corrected chi connectivity index (χ4v) is 3.87. The third kappa shape index (κ3) is 1.80. The molecule has 1 atom stereocenters. The van der Waals surface area contributed by atoms with Crippen LogP contribution in [-0.2, 0) is 16.9 Å². The monoisotopic (exact) mass is 258 g/mol. The van der Waals surface area contributed by atoms with Crippen molar-refractivity contribution in [1.29, 1.82) is 0 Å². The number of nitrogens with zero attached hydrogens (tertiary/aromatic N) is 1. The third-order valence-corrected chi connectivity index (χ3v) is 4.77. The summed E-state index contributed by atoms with van der Waals surface area (Å²) in [5.74, 6) is -1.12. The summed E-state index contributed by atoms with van der Waals surface area (Å²) in [7, 11) is -1.86. The first-order valence-corrected chi connectivity index (χ1v) is 6.94. The Hall–Kier alpha value is -1.50. The molecule has 0 radical (unpaired) electrons. The van der Waals surface area contributed by atoms with Gasteiger partial charge < -0.3 is 15.0 Å². The Balaban J connectivity index is 2.66. The Morgan fingerprint density at radius 2 is 2.29 bits per heavy atom. The molecular formula is C10H14N2O4S. The van der Waals surface area contributed by atoms with Gasteiger partial charge in [0.25, 0.3) is 0 Å². The second-order valence-corrected chi connectivity index (χ2v) is 6.17. The number of carboxylic acids is 1. The zero-order valence-corrected chi connectivity index (χ0v) is 10.4. The summed E-state index contributed by atoms with van der Waals surface area (Å²) in [6, 6.07) is -0.229. The normalized spacial score (nSPS) is 21.6. The van der Waals surface area contributed by atoms with E-state index in [2.05, 4.69) is 5.32 Å². The van der Waals surface area contributed by atoms with Crippen molar-refractivity contribution < 1.29 is 18.3 Å². The van der Waals surface area contributed by atoms with Crippen LogP contribution < -0.4 is 5.32 Å². The van der Waals surface area contributed by atoms with Crippen LogP contribution >= 0.6 is 0 Å². The van der Waals surface area contributed by atoms with Crippen LogP contribution in [0, 0.1) is 0 Å². The molecule has 0 saturated heterocycles. The van der Waals surface area contributed by atoms with Gasteiger partial charge in [0.05, 0.1) is 11.4 Å². The van der Waals surface area contributed by atoms with E-state index in [4.69, 9.17) is 5.11 Å². The van der Waals surface area contributed by atoms with Gasteiger partial charge in [-0.3, -0.25) is 0 Å². The molecule has 0 aliphatic carbocycles. The van der Waals surface area contributed by atoms with Gasteiger partial charge in [-0.2, -0.15) is 0 Å². The van der Waals surface area contributed by atoms with Crippen molar-refractivity contribution in [2.45, 2.75) is 24.3 Å². The standard InChI is InChI=1S/C10H14N2O4S/c1-3-6-5-17(15,16)7-4-12(2)9(10(13)14)8(7)11-6/h4,6,11H,3,5H2,1-2H3,(H,13,14). The topological polar surface area (TPSA) is 88.4 Å². The van der Waals surface area contributed by atoms with Crippen LogP contribution in [0.5, 0.6) is 0 Å². The van der Waals surface area contributed by atoms with Crippen molar-refractivity contribution in [2.75, 3.05) is 11.1 Å². The molecule has 0 amide bonds. The van der Waals surface area contributed by atoms with Crippen molar-refractivity contribution in [3.8, 4) is 0 Å². The maximum atomic E-state index is 12.0. The SMILES string of the molecule is CCC1CS(=O)(=O)c2cn(C)c(C(=O)O)c2N1. The van der Waals surface area contributed by atoms with Crippen LogP contribution in [0.3, 0.4) is 0 Å². The summed E-state index contributed by atoms with van der Waals surface area (Å²) in [4.78, 5) is 11.2. The number of rotatable bonds is 2. The van der Waals surface area contributed by atoms with Gasteiger partial charge in [-0.25, -0.2) is 13.2 Å². The lowest BCUT2D eigenvalue weighted by molar-refractivity contribution is 0.0687. The van der Waals surface area contributed by atoms with E-state index in [1.807, 2.05) is 6.92 Å². The number of anilines is 1. The highest BCUT2D eigenvalue weighted by Gasteiger charge is 2.34. The van der Waals surface area contributed by atoms with Crippen LogP contribution in [0.15, 0.2) is 11.1 Å². The van der Waals surface area contributed by atoms with E-state index in [1.165, 1.54) is 17.8 Å². The van der Waals surface area contributed by atoms with Crippen molar-refractivity contribution in [1.82, 2.24) is 4.57 Å². The molecule has 7 heteroatoms. The van der Waals surface area contributed by atoms with Crippen LogP contribution in [0.4, 0.5) is 5.69 Å². The minimum Gasteiger partial charge on any atom is -0.477 e. The summed E-state index contributed by atoms with van der Waals surface area (Å²) < 4.78 is 25.3. The Morgan fingerprint density at radius 1 is 1.65 bits per heavy atom. The van der Waals surface area contributed by atoms with Gasteiger partial charge in [0.15, 0.2) is 15.5 Å². The summed E-state index contributed by atoms with van der Waals surface area (Å²) in [5.41, 5.74) is 0.208. The zero-order valence-electron chi connectivity index (χ0n) is 9.60. The summed E-state index contributed by atoms with van der Waals surface area (Å²) in [5, 5.41) is 12.1. The molecule has 1 aromatic rings. The molecule has 0 aromatic carbocycles. The minimum atomic E-state index is -3.39. The number of aromatic carboxylic acids is 1. The molecule has 0 bridgehead atoms. The van der Waals surface area contributed by atoms with E-state index >= 15 is 0 Å². The Morgan fingerprint density at radius 3 is 2.82 bits per heavy atom. The van der Waals surface area contributed by atoms with Crippen molar-refractivity contribution in [3.05, 3.63) is 11.9 Å². The maximum Gasteiger partial charge on any atom is 0.354 e. The molecular weight excluding hydrogens is 244 g/mol. The lowest BCUT2D eigenvalue weighted by atomic mass is 10.2. The Kier molecular flexibility index (Phi) is 2.65. The van der Waals surface area contributed by atoms with Gasteiger partial charge in [0.1, 0.15) is 4.90 Å². The highest BCUT2D eigenvalue weighted by atomic mass is 32.2. The number of carboxylic acid groups (broad SMARTS) is 1. The smallest absolute Gasteiger partial charge is 0.354 e. The van der Waals surface area contributed by atoms with Crippen molar-refractivity contribution in [2.24, 2.45) is 7.05 Å². The summed E-state index contributed by atoms with van der Waals surface area (Å²) in [6.07, 6.45) is 1.99. The van der Waals surface area contributed by atoms with E-state index in [1.54, 1.807) is 0 Å². The van der Waals surface area contributed by atoms with Crippen LogP contribution in [0.1, 0.15) is 23.8 Å². The molecule has 0 fully saturated rings. The highest BCUT2D eigenvalue weighted by molar-refractivity contribution is 7.91. The molecule has 94 valence electrons. The van der Waals surface area contributed by atoms with E-state index in [9.17, 15) is 13.2 Å². The van der Waals surface area contributed by atoms with Crippen LogP contribution in [-0.4, -0.2) is 35.9 Å². The summed E-state index contributed by atoms with van der Waals surface area (Å²) >= 11 is 0. The zero-order chi connectivity index (χ0) is 12.8. The number of nitrogens with one attached hydrogen (secondary N) is 1. The van der Waals surface area contributed by atoms with Crippen molar-refractivity contribution in [3.63, 3.8) is 0 Å². The summed E-state index contributed by atoms with van der Waals surface area (Å²) in [6.45, 7) is 1.86. The van der Waals surface area contributed by atoms with Crippen molar-refractivity contribution >= 4 is 21.5 Å².